The van der Waals surface area contributed by atoms with Gasteiger partial charge in [0.1, 0.15) is 17.5 Å². The Morgan fingerprint density at radius 3 is 2.76 bits per heavy atom. The summed E-state index contributed by atoms with van der Waals surface area (Å²) in [5, 5.41) is 6.54. The van der Waals surface area contributed by atoms with Crippen LogP contribution in [0.2, 0.25) is 0 Å². The van der Waals surface area contributed by atoms with Gasteiger partial charge in [-0.15, -0.1) is 0 Å². The van der Waals surface area contributed by atoms with Gasteiger partial charge in [-0.1, -0.05) is 13.3 Å². The van der Waals surface area contributed by atoms with Crippen LogP contribution in [0.4, 0.5) is 0 Å². The lowest BCUT2D eigenvalue weighted by Crippen LogP contribution is -2.53. The predicted molar refractivity (Wildman–Crippen MR) is 141 cm³/mol. The number of carbonyl (C=O) groups excluding carboxylic acids is 4. The van der Waals surface area contributed by atoms with Crippen LogP contribution in [0.1, 0.15) is 55.9 Å². The highest BCUT2D eigenvalue weighted by Crippen LogP contribution is 2.43. The van der Waals surface area contributed by atoms with Crippen molar-refractivity contribution in [3.05, 3.63) is 28.4 Å². The number of hydrogen-bond donors (Lipinski definition) is 3. The number of Topliss-reactive ketones (excluding diaryl/α,β-unsaturated/α-hetero) is 1. The van der Waals surface area contributed by atoms with E-state index in [1.54, 1.807) is 25.0 Å². The molecule has 2 aromatic rings. The largest absolute Gasteiger partial charge is 0.496 e. The molecule has 9 nitrogen and oxygen atoms in total. The van der Waals surface area contributed by atoms with Crippen molar-refractivity contribution >= 4 is 50.3 Å². The number of hydrogen-bond acceptors (Lipinski definition) is 5. The Morgan fingerprint density at radius 1 is 1.24 bits per heavy atom. The van der Waals surface area contributed by atoms with Gasteiger partial charge in [0.2, 0.25) is 11.8 Å². The molecular formula is C27H33BrN4O5. The predicted octanol–water partition coefficient (Wildman–Crippen LogP) is 3.17. The molecule has 3 amide bonds. The topological polar surface area (TPSA) is 121 Å². The van der Waals surface area contributed by atoms with Crippen LogP contribution in [-0.4, -0.2) is 65.7 Å². The maximum absolute atomic E-state index is 13.8. The third kappa shape index (κ3) is 4.76. The fraction of sp³-hybridized carbons (Fsp3) is 0.556. The first-order valence-electron chi connectivity index (χ1n) is 13.1. The SMILES string of the molecule is CCC(=O)C(CC1CCNC1=O)NC(=O)C1C2CCCC2CN1C(=O)c1cc2c(OC)ccc(Br)c2[nH]1. The fourth-order valence-electron chi connectivity index (χ4n) is 6.39. The van der Waals surface area contributed by atoms with E-state index >= 15 is 0 Å². The highest BCUT2D eigenvalue weighted by molar-refractivity contribution is 9.10. The average Bonchev–Trinajstić information content (AvgIpc) is 3.67. The Labute approximate surface area is 224 Å². The molecule has 1 aliphatic carbocycles. The first kappa shape index (κ1) is 25.8. The number of nitrogens with one attached hydrogen (secondary N) is 3. The number of benzene rings is 1. The van der Waals surface area contributed by atoms with Crippen LogP contribution < -0.4 is 15.4 Å². The van der Waals surface area contributed by atoms with Gasteiger partial charge in [0.25, 0.3) is 5.91 Å². The van der Waals surface area contributed by atoms with E-state index < -0.39 is 12.1 Å². The van der Waals surface area contributed by atoms with Gasteiger partial charge in [0.05, 0.1) is 18.7 Å². The summed E-state index contributed by atoms with van der Waals surface area (Å²) in [6.07, 6.45) is 4.08. The summed E-state index contributed by atoms with van der Waals surface area (Å²) >= 11 is 3.53. The van der Waals surface area contributed by atoms with Crippen LogP contribution in [0.25, 0.3) is 10.9 Å². The second-order valence-electron chi connectivity index (χ2n) is 10.4. The van der Waals surface area contributed by atoms with Gasteiger partial charge >= 0.3 is 0 Å². The molecule has 10 heteroatoms. The molecule has 1 aromatic carbocycles. The van der Waals surface area contributed by atoms with Crippen molar-refractivity contribution in [3.8, 4) is 5.75 Å². The Morgan fingerprint density at radius 2 is 2.05 bits per heavy atom. The summed E-state index contributed by atoms with van der Waals surface area (Å²) in [5.74, 6) is -0.0419. The van der Waals surface area contributed by atoms with Crippen molar-refractivity contribution in [1.82, 2.24) is 20.5 Å². The Kier molecular flexibility index (Phi) is 7.29. The number of amides is 3. The minimum Gasteiger partial charge on any atom is -0.496 e. The Hall–Kier alpha value is -2.88. The second kappa shape index (κ2) is 10.5. The van der Waals surface area contributed by atoms with Crippen LogP contribution in [0.15, 0.2) is 22.7 Å². The monoisotopic (exact) mass is 572 g/mol. The van der Waals surface area contributed by atoms with Gasteiger partial charge < -0.3 is 25.3 Å². The maximum Gasteiger partial charge on any atom is 0.271 e. The van der Waals surface area contributed by atoms with Crippen LogP contribution >= 0.6 is 15.9 Å². The molecule has 0 bridgehead atoms. The number of carbonyl (C=O) groups is 4. The summed E-state index contributed by atoms with van der Waals surface area (Å²) < 4.78 is 6.28. The number of rotatable bonds is 8. The van der Waals surface area contributed by atoms with Crippen molar-refractivity contribution in [2.24, 2.45) is 17.8 Å². The maximum atomic E-state index is 13.8. The zero-order chi connectivity index (χ0) is 26.3. The summed E-state index contributed by atoms with van der Waals surface area (Å²) in [5.41, 5.74) is 1.15. The number of aromatic nitrogens is 1. The van der Waals surface area contributed by atoms with Crippen molar-refractivity contribution in [2.75, 3.05) is 20.2 Å². The minimum absolute atomic E-state index is 0.0572. The number of fused-ring (bicyclic) bond motifs is 2. The van der Waals surface area contributed by atoms with Crippen molar-refractivity contribution in [1.29, 1.82) is 0 Å². The molecule has 3 heterocycles. The summed E-state index contributed by atoms with van der Waals surface area (Å²) in [6, 6.07) is 4.07. The van der Waals surface area contributed by atoms with Gasteiger partial charge in [-0.25, -0.2) is 0 Å². The van der Waals surface area contributed by atoms with Crippen LogP contribution in [-0.2, 0) is 14.4 Å². The summed E-state index contributed by atoms with van der Waals surface area (Å²) in [7, 11) is 1.59. The van der Waals surface area contributed by atoms with E-state index in [1.807, 2.05) is 12.1 Å². The Balaban J connectivity index is 1.41. The van der Waals surface area contributed by atoms with Crippen LogP contribution in [0.3, 0.4) is 0 Å². The number of nitrogens with zero attached hydrogens (tertiary/aromatic N) is 1. The van der Waals surface area contributed by atoms with E-state index in [1.165, 1.54) is 0 Å². The van der Waals surface area contributed by atoms with Gasteiger partial charge in [-0.2, -0.15) is 0 Å². The number of H-pyrrole nitrogens is 1. The van der Waals surface area contributed by atoms with Crippen LogP contribution in [0, 0.1) is 17.8 Å². The molecule has 1 saturated carbocycles. The second-order valence-corrected chi connectivity index (χ2v) is 11.2. The molecule has 5 unspecified atom stereocenters. The van der Waals surface area contributed by atoms with Crippen molar-refractivity contribution in [2.45, 2.75) is 57.5 Å². The highest BCUT2D eigenvalue weighted by atomic mass is 79.9. The lowest BCUT2D eigenvalue weighted by molar-refractivity contribution is -0.132. The molecule has 5 rings (SSSR count). The quantitative estimate of drug-likeness (QED) is 0.448. The molecule has 3 fully saturated rings. The molecule has 198 valence electrons. The minimum atomic E-state index is -0.739. The van der Waals surface area contributed by atoms with Crippen LogP contribution in [0.5, 0.6) is 5.75 Å². The van der Waals surface area contributed by atoms with E-state index in [0.29, 0.717) is 31.0 Å². The van der Waals surface area contributed by atoms with E-state index in [9.17, 15) is 19.2 Å². The number of likely N-dealkylation sites (tertiary alicyclic amines) is 1. The van der Waals surface area contributed by atoms with E-state index in [0.717, 1.165) is 34.6 Å². The first-order valence-corrected chi connectivity index (χ1v) is 13.9. The fourth-order valence-corrected chi connectivity index (χ4v) is 6.83. The van der Waals surface area contributed by atoms with E-state index in [-0.39, 0.29) is 54.1 Å². The zero-order valence-corrected chi connectivity index (χ0v) is 22.7. The number of aromatic amines is 1. The molecule has 3 N–H and O–H groups in total. The number of halogens is 1. The molecule has 5 atom stereocenters. The molecule has 0 spiro atoms. The standard InChI is InChI=1S/C27H33BrN4O5/c1-3-21(33)19(11-14-9-10-29-25(14)34)31-26(35)24-16-6-4-5-15(16)13-32(24)27(36)20-12-17-22(37-2)8-7-18(28)23(17)30-20/h7-8,12,14-16,19,24,30H,3-6,9-11,13H2,1-2H3,(H,29,34)(H,31,35). The number of ketones is 1. The molecule has 1 aromatic heterocycles. The zero-order valence-electron chi connectivity index (χ0n) is 21.1. The molecule has 2 saturated heterocycles. The Bertz CT molecular complexity index is 1240. The smallest absolute Gasteiger partial charge is 0.271 e. The third-order valence-corrected chi connectivity index (χ3v) is 8.97. The molecule has 2 aliphatic heterocycles. The summed E-state index contributed by atoms with van der Waals surface area (Å²) in [4.78, 5) is 57.4. The van der Waals surface area contributed by atoms with Crippen molar-refractivity contribution < 1.29 is 23.9 Å². The summed E-state index contributed by atoms with van der Waals surface area (Å²) in [6.45, 7) is 2.86. The molecular weight excluding hydrogens is 540 g/mol. The van der Waals surface area contributed by atoms with E-state index in [2.05, 4.69) is 31.5 Å². The van der Waals surface area contributed by atoms with Gasteiger partial charge in [0.15, 0.2) is 5.78 Å². The van der Waals surface area contributed by atoms with Crippen molar-refractivity contribution in [3.63, 3.8) is 0 Å². The molecule has 37 heavy (non-hydrogen) atoms. The van der Waals surface area contributed by atoms with Gasteiger partial charge in [-0.05, 0) is 71.6 Å². The normalized spacial score (nSPS) is 25.7. The average molecular weight is 573 g/mol. The van der Waals surface area contributed by atoms with E-state index in [4.69, 9.17) is 4.74 Å². The number of methoxy groups -OCH3 is 1. The molecule has 0 radical (unpaired) electrons. The number of ether oxygens (including phenoxy) is 1. The van der Waals surface area contributed by atoms with Gasteiger partial charge in [-0.3, -0.25) is 19.2 Å². The van der Waals surface area contributed by atoms with Gasteiger partial charge in [0, 0.05) is 35.3 Å². The molecule has 3 aliphatic rings. The third-order valence-electron chi connectivity index (χ3n) is 8.31. The lowest BCUT2D eigenvalue weighted by atomic mass is 9.91. The first-order chi connectivity index (χ1) is 17.8. The lowest BCUT2D eigenvalue weighted by Gasteiger charge is -2.29. The highest BCUT2D eigenvalue weighted by Gasteiger charge is 2.50.